The van der Waals surface area contributed by atoms with Gasteiger partial charge in [-0.1, -0.05) is 23.4 Å². The summed E-state index contributed by atoms with van der Waals surface area (Å²) in [4.78, 5) is 22.1. The zero-order valence-electron chi connectivity index (χ0n) is 9.89. The maximum absolute atomic E-state index is 11.6. The van der Waals surface area contributed by atoms with Gasteiger partial charge in [-0.15, -0.1) is 5.10 Å². The molecule has 0 aromatic carbocycles. The molecule has 0 spiro atoms. The van der Waals surface area contributed by atoms with E-state index in [4.69, 9.17) is 5.11 Å². The summed E-state index contributed by atoms with van der Waals surface area (Å²) in [6.45, 7) is 0.559. The minimum absolute atomic E-state index is 0.0903. The Morgan fingerprint density at radius 2 is 2.44 bits per heavy atom. The molecule has 0 amide bonds. The Bertz CT molecular complexity index is 518. The van der Waals surface area contributed by atoms with Crippen LogP contribution in [0.5, 0.6) is 0 Å². The lowest BCUT2D eigenvalue weighted by Crippen LogP contribution is -2.18. The van der Waals surface area contributed by atoms with Gasteiger partial charge in [-0.05, 0) is 25.7 Å². The molecule has 7 heteroatoms. The summed E-state index contributed by atoms with van der Waals surface area (Å²) < 4.78 is 1.51. The van der Waals surface area contributed by atoms with Gasteiger partial charge in [0.15, 0.2) is 5.16 Å². The summed E-state index contributed by atoms with van der Waals surface area (Å²) in [5.41, 5.74) is 1.10. The first kappa shape index (κ1) is 12.9. The van der Waals surface area contributed by atoms with Crippen molar-refractivity contribution in [2.75, 3.05) is 5.75 Å². The van der Waals surface area contributed by atoms with Crippen LogP contribution in [0.4, 0.5) is 0 Å². The van der Waals surface area contributed by atoms with Crippen molar-refractivity contribution in [3.63, 3.8) is 0 Å². The number of aliphatic carboxylic acids is 1. The fourth-order valence-electron chi connectivity index (χ4n) is 1.96. The van der Waals surface area contributed by atoms with Crippen molar-refractivity contribution >= 4 is 17.7 Å². The van der Waals surface area contributed by atoms with Crippen LogP contribution >= 0.6 is 11.8 Å². The third kappa shape index (κ3) is 3.25. The normalized spacial score (nSPS) is 14.8. The highest BCUT2D eigenvalue weighted by molar-refractivity contribution is 7.99. The molecule has 1 heterocycles. The fraction of sp³-hybridized carbons (Fsp3) is 0.545. The van der Waals surface area contributed by atoms with Crippen LogP contribution in [0.15, 0.2) is 21.6 Å². The molecular weight excluding hydrogens is 254 g/mol. The summed E-state index contributed by atoms with van der Waals surface area (Å²) >= 11 is 1.06. The maximum atomic E-state index is 11.6. The highest BCUT2D eigenvalue weighted by Gasteiger charge is 2.12. The minimum Gasteiger partial charge on any atom is -0.481 e. The van der Waals surface area contributed by atoms with E-state index >= 15 is 0 Å². The molecule has 1 aromatic heterocycles. The van der Waals surface area contributed by atoms with Gasteiger partial charge in [-0.25, -0.2) is 9.89 Å². The van der Waals surface area contributed by atoms with E-state index in [2.05, 4.69) is 16.3 Å². The number of thioether (sulfide) groups is 1. The number of carboxylic acids is 1. The number of carboxylic acid groups (broad SMARTS) is 1. The molecule has 0 unspecified atom stereocenters. The van der Waals surface area contributed by atoms with Crippen LogP contribution < -0.4 is 5.69 Å². The second-order valence-corrected chi connectivity index (χ2v) is 5.09. The summed E-state index contributed by atoms with van der Waals surface area (Å²) in [7, 11) is 0. The number of rotatable bonds is 6. The lowest BCUT2D eigenvalue weighted by Gasteiger charge is -2.05. The predicted octanol–water partition coefficient (Wildman–Crippen LogP) is 1.25. The van der Waals surface area contributed by atoms with E-state index in [9.17, 15) is 9.59 Å². The highest BCUT2D eigenvalue weighted by Crippen LogP contribution is 2.21. The van der Waals surface area contributed by atoms with Gasteiger partial charge >= 0.3 is 11.7 Å². The smallest absolute Gasteiger partial charge is 0.343 e. The lowest BCUT2D eigenvalue weighted by atomic mass is 10.2. The van der Waals surface area contributed by atoms with Gasteiger partial charge in [0, 0.05) is 6.54 Å². The number of carbonyl (C=O) groups is 1. The minimum atomic E-state index is -0.916. The number of hydrogen-bond acceptors (Lipinski definition) is 4. The number of allylic oxidation sites excluding steroid dienone is 2. The molecule has 2 N–H and O–H groups in total. The van der Waals surface area contributed by atoms with Crippen LogP contribution in [0.1, 0.15) is 25.7 Å². The van der Waals surface area contributed by atoms with Gasteiger partial charge in [-0.3, -0.25) is 9.36 Å². The summed E-state index contributed by atoms with van der Waals surface area (Å²) in [5.74, 6) is -1.01. The Labute approximate surface area is 108 Å². The molecule has 98 valence electrons. The molecule has 0 atom stereocenters. The van der Waals surface area contributed by atoms with E-state index in [-0.39, 0.29) is 11.4 Å². The van der Waals surface area contributed by atoms with Crippen molar-refractivity contribution in [2.45, 2.75) is 37.4 Å². The van der Waals surface area contributed by atoms with E-state index in [0.717, 1.165) is 31.0 Å². The molecular formula is C11H15N3O3S. The average Bonchev–Trinajstić information content (AvgIpc) is 2.94. The Morgan fingerprint density at radius 3 is 3.11 bits per heavy atom. The largest absolute Gasteiger partial charge is 0.481 e. The molecule has 18 heavy (non-hydrogen) atoms. The zero-order valence-corrected chi connectivity index (χ0v) is 10.7. The predicted molar refractivity (Wildman–Crippen MR) is 67.8 cm³/mol. The van der Waals surface area contributed by atoms with Crippen LogP contribution in [0.25, 0.3) is 0 Å². The van der Waals surface area contributed by atoms with Crippen LogP contribution in [0.3, 0.4) is 0 Å². The quantitative estimate of drug-likeness (QED) is 0.599. The molecule has 1 aliphatic rings. The van der Waals surface area contributed by atoms with Gasteiger partial charge < -0.3 is 5.11 Å². The molecule has 1 aliphatic carbocycles. The number of hydrogen-bond donors (Lipinski definition) is 2. The maximum Gasteiger partial charge on any atom is 0.343 e. The van der Waals surface area contributed by atoms with Crippen LogP contribution in [-0.2, 0) is 11.3 Å². The molecule has 2 rings (SSSR count). The molecule has 0 fully saturated rings. The summed E-state index contributed by atoms with van der Waals surface area (Å²) in [6.07, 6.45) is 6.46. The monoisotopic (exact) mass is 269 g/mol. The lowest BCUT2D eigenvalue weighted by molar-refractivity contribution is -0.133. The Balaban J connectivity index is 1.99. The molecule has 0 saturated carbocycles. The van der Waals surface area contributed by atoms with Crippen molar-refractivity contribution in [2.24, 2.45) is 0 Å². The van der Waals surface area contributed by atoms with Crippen molar-refractivity contribution < 1.29 is 9.90 Å². The molecule has 6 nitrogen and oxygen atoms in total. The Hall–Kier alpha value is -1.50. The van der Waals surface area contributed by atoms with Gasteiger partial charge in [-0.2, -0.15) is 0 Å². The van der Waals surface area contributed by atoms with E-state index < -0.39 is 5.97 Å². The van der Waals surface area contributed by atoms with E-state index in [1.54, 1.807) is 0 Å². The first-order valence-electron chi connectivity index (χ1n) is 5.84. The summed E-state index contributed by atoms with van der Waals surface area (Å²) in [6, 6.07) is 0. The standard InChI is InChI=1S/C11H15N3O3S/c15-9(16)7-18-11-13-12-10(17)14(11)6-5-8-3-1-2-4-8/h3H,1-2,4-7H2,(H,12,17)(H,15,16). The SMILES string of the molecule is O=C(O)CSc1n[nH]c(=O)n1CCC1=CCCC1. The topological polar surface area (TPSA) is 88.0 Å². The molecule has 1 aromatic rings. The Morgan fingerprint density at radius 1 is 1.61 bits per heavy atom. The van der Waals surface area contributed by atoms with Crippen LogP contribution in [-0.4, -0.2) is 31.6 Å². The van der Waals surface area contributed by atoms with Crippen LogP contribution in [0.2, 0.25) is 0 Å². The van der Waals surface area contributed by atoms with Gasteiger partial charge in [0.2, 0.25) is 0 Å². The van der Waals surface area contributed by atoms with Gasteiger partial charge in [0.05, 0.1) is 5.75 Å². The van der Waals surface area contributed by atoms with Crippen molar-refractivity contribution in [3.05, 3.63) is 22.1 Å². The number of nitrogens with zero attached hydrogens (tertiary/aromatic N) is 2. The number of aromatic nitrogens is 3. The number of aromatic amines is 1. The third-order valence-electron chi connectivity index (χ3n) is 2.84. The molecule has 0 saturated heterocycles. The summed E-state index contributed by atoms with van der Waals surface area (Å²) in [5, 5.41) is 15.3. The fourth-order valence-corrected chi connectivity index (χ4v) is 2.65. The second-order valence-electron chi connectivity index (χ2n) is 4.15. The molecule has 0 bridgehead atoms. The van der Waals surface area contributed by atoms with Crippen molar-refractivity contribution in [1.82, 2.24) is 14.8 Å². The van der Waals surface area contributed by atoms with Crippen LogP contribution in [0, 0.1) is 0 Å². The van der Waals surface area contributed by atoms with Crippen molar-refractivity contribution in [3.8, 4) is 0 Å². The number of nitrogens with one attached hydrogen (secondary N) is 1. The third-order valence-corrected chi connectivity index (χ3v) is 3.80. The van der Waals surface area contributed by atoms with Gasteiger partial charge in [0.1, 0.15) is 0 Å². The first-order chi connectivity index (χ1) is 8.66. The van der Waals surface area contributed by atoms with Gasteiger partial charge in [0.25, 0.3) is 0 Å². The molecule has 0 aliphatic heterocycles. The zero-order chi connectivity index (χ0) is 13.0. The molecule has 0 radical (unpaired) electrons. The number of H-pyrrole nitrogens is 1. The Kier molecular flexibility index (Phi) is 4.24. The second kappa shape index (κ2) is 5.90. The highest BCUT2D eigenvalue weighted by atomic mass is 32.2. The first-order valence-corrected chi connectivity index (χ1v) is 6.83. The van der Waals surface area contributed by atoms with E-state index in [1.165, 1.54) is 16.6 Å². The van der Waals surface area contributed by atoms with E-state index in [1.807, 2.05) is 0 Å². The average molecular weight is 269 g/mol. The van der Waals surface area contributed by atoms with Crippen molar-refractivity contribution in [1.29, 1.82) is 0 Å². The van der Waals surface area contributed by atoms with E-state index in [0.29, 0.717) is 11.7 Å².